The Kier molecular flexibility index (Phi) is 8.20. The van der Waals surface area contributed by atoms with E-state index in [4.69, 9.17) is 0 Å². The lowest BCUT2D eigenvalue weighted by atomic mass is 9.59. The maximum Gasteiger partial charge on any atom is 0.398 e. The van der Waals surface area contributed by atoms with Crippen molar-refractivity contribution in [2.75, 3.05) is 0 Å². The Morgan fingerprint density at radius 2 is 0.822 bits per heavy atom. The highest BCUT2D eigenvalue weighted by Crippen LogP contribution is 2.54. The topological polar surface area (TPSA) is 0 Å². The van der Waals surface area contributed by atoms with Gasteiger partial charge >= 0.3 is 6.18 Å². The standard InChI is InChI=1S/C42H35F3/c1-31-21-23-32(24-22-31)34-13-12-14-35(29-34)33-25-27-36(28-26-33)40(2,42(43,44)45)30-41(37-15-6-3-7-16-37,38-17-8-4-9-18-38)39-19-10-5-11-20-39/h3-29H,30H2,1-2H3. The summed E-state index contributed by atoms with van der Waals surface area (Å²) in [6, 6.07) is 52.2. The molecule has 0 aromatic heterocycles. The lowest BCUT2D eigenvalue weighted by Gasteiger charge is -2.44. The Hall–Kier alpha value is -4.89. The van der Waals surface area contributed by atoms with Gasteiger partial charge in [-0.15, -0.1) is 0 Å². The van der Waals surface area contributed by atoms with Crippen LogP contribution in [0.4, 0.5) is 13.2 Å². The highest BCUT2D eigenvalue weighted by molar-refractivity contribution is 5.73. The summed E-state index contributed by atoms with van der Waals surface area (Å²) >= 11 is 0. The minimum Gasteiger partial charge on any atom is -0.170 e. The number of hydrogen-bond acceptors (Lipinski definition) is 0. The summed E-state index contributed by atoms with van der Waals surface area (Å²) in [7, 11) is 0. The molecule has 0 fully saturated rings. The molecule has 0 amide bonds. The van der Waals surface area contributed by atoms with Crippen molar-refractivity contribution < 1.29 is 13.2 Å². The van der Waals surface area contributed by atoms with Crippen molar-refractivity contribution in [2.24, 2.45) is 0 Å². The van der Waals surface area contributed by atoms with Crippen LogP contribution in [0, 0.1) is 6.92 Å². The average Bonchev–Trinajstić information content (AvgIpc) is 3.08. The number of alkyl halides is 3. The van der Waals surface area contributed by atoms with Gasteiger partial charge in [0.25, 0.3) is 0 Å². The molecule has 0 saturated carbocycles. The van der Waals surface area contributed by atoms with E-state index in [1.54, 1.807) is 12.1 Å². The van der Waals surface area contributed by atoms with E-state index < -0.39 is 17.0 Å². The first-order valence-electron chi connectivity index (χ1n) is 15.2. The summed E-state index contributed by atoms with van der Waals surface area (Å²) in [4.78, 5) is 0. The first-order chi connectivity index (χ1) is 21.7. The molecule has 6 aromatic rings. The van der Waals surface area contributed by atoms with E-state index in [0.717, 1.165) is 38.9 Å². The van der Waals surface area contributed by atoms with Crippen LogP contribution in [0.3, 0.4) is 0 Å². The third kappa shape index (κ3) is 5.83. The van der Waals surface area contributed by atoms with Crippen molar-refractivity contribution in [3.8, 4) is 22.3 Å². The van der Waals surface area contributed by atoms with Crippen LogP contribution in [0.1, 0.15) is 41.2 Å². The second-order valence-electron chi connectivity index (χ2n) is 12.0. The van der Waals surface area contributed by atoms with Gasteiger partial charge in [-0.05, 0) is 70.8 Å². The Labute approximate surface area is 263 Å². The van der Waals surface area contributed by atoms with Crippen LogP contribution in [-0.4, -0.2) is 6.18 Å². The number of aryl methyl sites for hydroxylation is 1. The Morgan fingerprint density at radius 3 is 1.22 bits per heavy atom. The van der Waals surface area contributed by atoms with Crippen molar-refractivity contribution >= 4 is 0 Å². The fourth-order valence-electron chi connectivity index (χ4n) is 6.53. The molecule has 0 N–H and O–H groups in total. The molecule has 6 aromatic carbocycles. The molecular formula is C42H35F3. The van der Waals surface area contributed by atoms with Gasteiger partial charge < -0.3 is 0 Å². The van der Waals surface area contributed by atoms with Crippen molar-refractivity contribution in [3.05, 3.63) is 192 Å². The first kappa shape index (κ1) is 30.1. The Morgan fingerprint density at radius 1 is 0.422 bits per heavy atom. The molecule has 0 nitrogen and oxygen atoms in total. The van der Waals surface area contributed by atoms with Gasteiger partial charge in [0.2, 0.25) is 0 Å². The summed E-state index contributed by atoms with van der Waals surface area (Å²) in [6.07, 6.45) is -4.73. The maximum atomic E-state index is 15.6. The summed E-state index contributed by atoms with van der Waals surface area (Å²) in [6.45, 7) is 3.41. The van der Waals surface area contributed by atoms with Gasteiger partial charge in [-0.1, -0.05) is 163 Å². The molecule has 6 rings (SSSR count). The van der Waals surface area contributed by atoms with Crippen LogP contribution in [0.5, 0.6) is 0 Å². The summed E-state index contributed by atoms with van der Waals surface area (Å²) in [5.41, 5.74) is 4.66. The maximum absolute atomic E-state index is 15.6. The third-order valence-corrected chi connectivity index (χ3v) is 9.15. The second kappa shape index (κ2) is 12.2. The van der Waals surface area contributed by atoms with E-state index in [-0.39, 0.29) is 12.0 Å². The first-order valence-corrected chi connectivity index (χ1v) is 15.2. The molecule has 1 atom stereocenters. The SMILES string of the molecule is Cc1ccc(-c2cccc(-c3ccc(C(C)(CC(c4ccccc4)(c4ccccc4)c4ccccc4)C(F)(F)F)cc3)c2)cc1. The molecule has 1 unspecified atom stereocenters. The van der Waals surface area contributed by atoms with E-state index in [9.17, 15) is 0 Å². The van der Waals surface area contributed by atoms with Crippen molar-refractivity contribution in [2.45, 2.75) is 37.3 Å². The van der Waals surface area contributed by atoms with E-state index in [1.165, 1.54) is 12.5 Å². The summed E-state index contributed by atoms with van der Waals surface area (Å²) in [5, 5.41) is 0. The zero-order chi connectivity index (χ0) is 31.5. The zero-order valence-corrected chi connectivity index (χ0v) is 25.4. The Balaban J connectivity index is 1.47. The third-order valence-electron chi connectivity index (χ3n) is 9.15. The largest absolute Gasteiger partial charge is 0.398 e. The van der Waals surface area contributed by atoms with Crippen molar-refractivity contribution in [1.82, 2.24) is 0 Å². The predicted molar refractivity (Wildman–Crippen MR) is 179 cm³/mol. The molecule has 0 aliphatic carbocycles. The number of benzene rings is 6. The normalized spacial score (nSPS) is 13.3. The lowest BCUT2D eigenvalue weighted by molar-refractivity contribution is -0.190. The highest BCUT2D eigenvalue weighted by Gasteiger charge is 2.57. The van der Waals surface area contributed by atoms with Crippen LogP contribution >= 0.6 is 0 Å². The quantitative estimate of drug-likeness (QED) is 0.153. The number of rotatable bonds is 8. The van der Waals surface area contributed by atoms with Gasteiger partial charge in [0.15, 0.2) is 0 Å². The molecule has 3 heteroatoms. The van der Waals surface area contributed by atoms with Crippen LogP contribution in [-0.2, 0) is 10.8 Å². The summed E-state index contributed by atoms with van der Waals surface area (Å²) in [5.74, 6) is 0. The molecule has 224 valence electrons. The van der Waals surface area contributed by atoms with Crippen LogP contribution in [0.2, 0.25) is 0 Å². The average molecular weight is 597 g/mol. The molecule has 0 bridgehead atoms. The Bertz CT molecular complexity index is 1740. The molecule has 0 aliphatic rings. The fraction of sp³-hybridized carbons (Fsp3) is 0.143. The molecule has 0 radical (unpaired) electrons. The van der Waals surface area contributed by atoms with Gasteiger partial charge in [-0.3, -0.25) is 0 Å². The van der Waals surface area contributed by atoms with Crippen molar-refractivity contribution in [1.29, 1.82) is 0 Å². The van der Waals surface area contributed by atoms with E-state index >= 15 is 13.2 Å². The molecular weight excluding hydrogens is 561 g/mol. The van der Waals surface area contributed by atoms with E-state index in [2.05, 4.69) is 43.3 Å². The second-order valence-corrected chi connectivity index (χ2v) is 12.0. The smallest absolute Gasteiger partial charge is 0.170 e. The lowest BCUT2D eigenvalue weighted by Crippen LogP contribution is -2.46. The predicted octanol–water partition coefficient (Wildman–Crippen LogP) is 11.6. The fourth-order valence-corrected chi connectivity index (χ4v) is 6.53. The van der Waals surface area contributed by atoms with Gasteiger partial charge in [0.05, 0.1) is 5.41 Å². The van der Waals surface area contributed by atoms with Crippen LogP contribution < -0.4 is 0 Å². The molecule has 0 spiro atoms. The van der Waals surface area contributed by atoms with Gasteiger partial charge in [0, 0.05) is 5.41 Å². The zero-order valence-electron chi connectivity index (χ0n) is 25.4. The van der Waals surface area contributed by atoms with E-state index in [0.29, 0.717) is 0 Å². The number of halogens is 3. The van der Waals surface area contributed by atoms with Gasteiger partial charge in [0.1, 0.15) is 0 Å². The van der Waals surface area contributed by atoms with E-state index in [1.807, 2.05) is 115 Å². The van der Waals surface area contributed by atoms with Gasteiger partial charge in [-0.2, -0.15) is 13.2 Å². The molecule has 0 saturated heterocycles. The highest BCUT2D eigenvalue weighted by atomic mass is 19.4. The summed E-state index contributed by atoms with van der Waals surface area (Å²) < 4.78 is 46.7. The molecule has 0 heterocycles. The minimum absolute atomic E-state index is 0.205. The minimum atomic E-state index is -4.52. The van der Waals surface area contributed by atoms with Crippen molar-refractivity contribution in [3.63, 3.8) is 0 Å². The van der Waals surface area contributed by atoms with Gasteiger partial charge in [-0.25, -0.2) is 0 Å². The monoisotopic (exact) mass is 596 g/mol. The number of hydrogen-bond donors (Lipinski definition) is 0. The molecule has 0 aliphatic heterocycles. The molecule has 45 heavy (non-hydrogen) atoms. The van der Waals surface area contributed by atoms with Crippen LogP contribution in [0.25, 0.3) is 22.3 Å². The van der Waals surface area contributed by atoms with Crippen LogP contribution in [0.15, 0.2) is 164 Å².